The Morgan fingerprint density at radius 1 is 0.962 bits per heavy atom. The normalized spacial score (nSPS) is 14.9. The van der Waals surface area contributed by atoms with Gasteiger partial charge in [0.1, 0.15) is 16.5 Å². The number of carbonyl (C=O) groups excluding carboxylic acids is 2. The fourth-order valence-electron chi connectivity index (χ4n) is 2.26. The first-order valence-electron chi connectivity index (χ1n) is 7.13. The number of anilines is 2. The number of nitrogens with zero attached hydrogens (tertiary/aromatic N) is 1. The maximum Gasteiger partial charge on any atom is 0.284 e. The SMILES string of the molecule is Nc1ccc(S(=O)(=O)NC2=C(Cl)C(=O)N(c3ccc(F)cc3)C2=O)cc1. The Morgan fingerprint density at radius 2 is 1.54 bits per heavy atom. The number of nitrogens with one attached hydrogen (secondary N) is 1. The summed E-state index contributed by atoms with van der Waals surface area (Å²) in [6.45, 7) is 0. The van der Waals surface area contributed by atoms with E-state index in [9.17, 15) is 22.4 Å². The number of hydrogen-bond donors (Lipinski definition) is 2. The first kappa shape index (κ1) is 17.9. The van der Waals surface area contributed by atoms with Crippen molar-refractivity contribution in [1.82, 2.24) is 4.72 Å². The Balaban J connectivity index is 1.93. The van der Waals surface area contributed by atoms with Gasteiger partial charge in [-0.1, -0.05) is 11.6 Å². The van der Waals surface area contributed by atoms with Gasteiger partial charge < -0.3 is 5.73 Å². The maximum absolute atomic E-state index is 13.0. The van der Waals surface area contributed by atoms with E-state index in [-0.39, 0.29) is 10.6 Å². The summed E-state index contributed by atoms with van der Waals surface area (Å²) in [6.07, 6.45) is 0. The number of nitrogen functional groups attached to an aromatic ring is 1. The van der Waals surface area contributed by atoms with Crippen LogP contribution in [0.25, 0.3) is 0 Å². The van der Waals surface area contributed by atoms with E-state index in [4.69, 9.17) is 17.3 Å². The van der Waals surface area contributed by atoms with Crippen molar-refractivity contribution in [2.24, 2.45) is 0 Å². The quantitative estimate of drug-likeness (QED) is 0.605. The van der Waals surface area contributed by atoms with E-state index in [0.29, 0.717) is 10.6 Å². The standard InChI is InChI=1S/C16H11ClFN3O4S/c17-13-14(20-26(24,25)12-7-3-10(19)4-8-12)16(23)21(15(13)22)11-5-1-9(18)2-6-11/h1-8,20H,19H2. The van der Waals surface area contributed by atoms with Gasteiger partial charge in [0.25, 0.3) is 21.8 Å². The highest BCUT2D eigenvalue weighted by atomic mass is 35.5. The molecule has 0 spiro atoms. The van der Waals surface area contributed by atoms with Gasteiger partial charge in [-0.3, -0.25) is 14.3 Å². The molecule has 0 aromatic heterocycles. The number of rotatable bonds is 4. The van der Waals surface area contributed by atoms with Crippen LogP contribution in [-0.4, -0.2) is 20.2 Å². The molecule has 7 nitrogen and oxygen atoms in total. The zero-order valence-electron chi connectivity index (χ0n) is 12.9. The van der Waals surface area contributed by atoms with Crippen molar-refractivity contribution in [3.63, 3.8) is 0 Å². The first-order chi connectivity index (χ1) is 12.2. The molecule has 0 fully saturated rings. The maximum atomic E-state index is 13.0. The zero-order chi connectivity index (χ0) is 19.1. The molecule has 0 atom stereocenters. The smallest absolute Gasteiger partial charge is 0.284 e. The van der Waals surface area contributed by atoms with Gasteiger partial charge in [-0.2, -0.15) is 0 Å². The largest absolute Gasteiger partial charge is 0.399 e. The lowest BCUT2D eigenvalue weighted by Crippen LogP contribution is -2.35. The number of benzene rings is 2. The van der Waals surface area contributed by atoms with Gasteiger partial charge in [-0.25, -0.2) is 17.7 Å². The molecule has 1 aliphatic heterocycles. The second-order valence-corrected chi connectivity index (χ2v) is 7.35. The predicted octanol–water partition coefficient (Wildman–Crippen LogP) is 1.71. The summed E-state index contributed by atoms with van der Waals surface area (Å²) in [6, 6.07) is 9.74. The van der Waals surface area contributed by atoms with Crippen molar-refractivity contribution in [2.75, 3.05) is 10.6 Å². The summed E-state index contributed by atoms with van der Waals surface area (Å²) >= 11 is 5.86. The van der Waals surface area contributed by atoms with E-state index in [1.807, 2.05) is 4.72 Å². The molecule has 2 aromatic carbocycles. The average Bonchev–Trinajstić information content (AvgIpc) is 2.80. The van der Waals surface area contributed by atoms with Gasteiger partial charge in [0, 0.05) is 5.69 Å². The lowest BCUT2D eigenvalue weighted by molar-refractivity contribution is -0.120. The number of carbonyl (C=O) groups is 2. The van der Waals surface area contributed by atoms with E-state index in [1.165, 1.54) is 36.4 Å². The molecule has 3 rings (SSSR count). The van der Waals surface area contributed by atoms with Crippen LogP contribution in [0, 0.1) is 5.82 Å². The summed E-state index contributed by atoms with van der Waals surface area (Å²) in [7, 11) is -4.17. The van der Waals surface area contributed by atoms with Crippen LogP contribution in [0.2, 0.25) is 0 Å². The molecule has 3 N–H and O–H groups in total. The van der Waals surface area contributed by atoms with Gasteiger partial charge in [0.2, 0.25) is 0 Å². The van der Waals surface area contributed by atoms with E-state index < -0.39 is 38.4 Å². The molecule has 0 bridgehead atoms. The van der Waals surface area contributed by atoms with Gasteiger partial charge in [0.15, 0.2) is 0 Å². The number of nitrogens with two attached hydrogens (primary N) is 1. The Labute approximate surface area is 152 Å². The fraction of sp³-hybridized carbons (Fsp3) is 0. The number of sulfonamides is 1. The third-order valence-corrected chi connectivity index (χ3v) is 5.26. The van der Waals surface area contributed by atoms with E-state index in [2.05, 4.69) is 0 Å². The molecule has 0 saturated carbocycles. The van der Waals surface area contributed by atoms with Crippen molar-refractivity contribution in [3.8, 4) is 0 Å². The summed E-state index contributed by atoms with van der Waals surface area (Å²) < 4.78 is 39.9. The molecule has 0 saturated heterocycles. The number of halogens is 2. The molecule has 0 aliphatic carbocycles. The minimum Gasteiger partial charge on any atom is -0.399 e. The van der Waals surface area contributed by atoms with E-state index in [1.54, 1.807) is 0 Å². The van der Waals surface area contributed by atoms with Crippen molar-refractivity contribution >= 4 is 44.8 Å². The topological polar surface area (TPSA) is 110 Å². The summed E-state index contributed by atoms with van der Waals surface area (Å²) in [5, 5.41) is -0.585. The number of imide groups is 1. The Kier molecular flexibility index (Phi) is 4.43. The summed E-state index contributed by atoms with van der Waals surface area (Å²) in [5.74, 6) is -2.44. The molecule has 26 heavy (non-hydrogen) atoms. The van der Waals surface area contributed by atoms with Crippen LogP contribution in [0.4, 0.5) is 15.8 Å². The van der Waals surface area contributed by atoms with Crippen LogP contribution >= 0.6 is 11.6 Å². The third kappa shape index (κ3) is 3.14. The van der Waals surface area contributed by atoms with Gasteiger partial charge in [-0.15, -0.1) is 0 Å². The monoisotopic (exact) mass is 395 g/mol. The molecule has 2 aromatic rings. The number of hydrogen-bond acceptors (Lipinski definition) is 5. The van der Waals surface area contributed by atoms with Crippen LogP contribution in [0.15, 0.2) is 64.2 Å². The van der Waals surface area contributed by atoms with Crippen LogP contribution in [0.1, 0.15) is 0 Å². The Hall–Kier alpha value is -2.91. The number of amides is 2. The molecule has 1 heterocycles. The molecule has 10 heteroatoms. The van der Waals surface area contributed by atoms with Crippen LogP contribution in [0.3, 0.4) is 0 Å². The molecule has 2 amide bonds. The van der Waals surface area contributed by atoms with E-state index >= 15 is 0 Å². The lowest BCUT2D eigenvalue weighted by atomic mass is 10.3. The molecular weight excluding hydrogens is 385 g/mol. The summed E-state index contributed by atoms with van der Waals surface area (Å²) in [5.41, 5.74) is 5.34. The zero-order valence-corrected chi connectivity index (χ0v) is 14.5. The minimum atomic E-state index is -4.17. The van der Waals surface area contributed by atoms with Crippen molar-refractivity contribution in [1.29, 1.82) is 0 Å². The van der Waals surface area contributed by atoms with E-state index in [0.717, 1.165) is 12.1 Å². The molecule has 0 unspecified atom stereocenters. The first-order valence-corrected chi connectivity index (χ1v) is 8.99. The van der Waals surface area contributed by atoms with Crippen molar-refractivity contribution in [3.05, 3.63) is 65.1 Å². The second kappa shape index (κ2) is 6.43. The third-order valence-electron chi connectivity index (χ3n) is 3.54. The minimum absolute atomic E-state index is 0.0567. The van der Waals surface area contributed by atoms with Gasteiger partial charge in [0.05, 0.1) is 10.6 Å². The van der Waals surface area contributed by atoms with Crippen LogP contribution in [-0.2, 0) is 19.6 Å². The Bertz CT molecular complexity index is 1030. The lowest BCUT2D eigenvalue weighted by Gasteiger charge is -2.15. The van der Waals surface area contributed by atoms with Gasteiger partial charge >= 0.3 is 0 Å². The van der Waals surface area contributed by atoms with Crippen molar-refractivity contribution < 1.29 is 22.4 Å². The van der Waals surface area contributed by atoms with Gasteiger partial charge in [-0.05, 0) is 48.5 Å². The van der Waals surface area contributed by atoms with Crippen molar-refractivity contribution in [2.45, 2.75) is 4.90 Å². The highest BCUT2D eigenvalue weighted by Gasteiger charge is 2.40. The van der Waals surface area contributed by atoms with Crippen LogP contribution in [0.5, 0.6) is 0 Å². The predicted molar refractivity (Wildman–Crippen MR) is 92.9 cm³/mol. The molecule has 1 aliphatic rings. The summed E-state index contributed by atoms with van der Waals surface area (Å²) in [4.78, 5) is 25.2. The molecule has 134 valence electrons. The second-order valence-electron chi connectivity index (χ2n) is 5.29. The van der Waals surface area contributed by atoms with Crippen LogP contribution < -0.4 is 15.4 Å². The molecule has 0 radical (unpaired) electrons. The fourth-order valence-corrected chi connectivity index (χ4v) is 3.60. The average molecular weight is 396 g/mol. The highest BCUT2D eigenvalue weighted by Crippen LogP contribution is 2.29. The highest BCUT2D eigenvalue weighted by molar-refractivity contribution is 7.89. The Morgan fingerprint density at radius 3 is 2.12 bits per heavy atom. The molecular formula is C16H11ClFN3O4S.